The number of rotatable bonds is 3. The Morgan fingerprint density at radius 3 is 2.45 bits per heavy atom. The van der Waals surface area contributed by atoms with Gasteiger partial charge in [0.2, 0.25) is 0 Å². The summed E-state index contributed by atoms with van der Waals surface area (Å²) in [5, 5.41) is 0. The minimum Gasteiger partial charge on any atom is -0.376 e. The largest absolute Gasteiger partial charge is 0.412 e. The molecule has 0 bridgehead atoms. The van der Waals surface area contributed by atoms with Gasteiger partial charge in [-0.2, -0.15) is 0 Å². The van der Waals surface area contributed by atoms with Crippen molar-refractivity contribution >= 4 is 12.1 Å². The zero-order valence-electron chi connectivity index (χ0n) is 6.37. The predicted molar refractivity (Wildman–Crippen MR) is 38.5 cm³/mol. The van der Waals surface area contributed by atoms with Crippen molar-refractivity contribution in [1.29, 1.82) is 0 Å². The molecule has 0 aliphatic carbocycles. The van der Waals surface area contributed by atoms with E-state index in [1.54, 1.807) is 6.92 Å². The minimum atomic E-state index is -1.07. The van der Waals surface area contributed by atoms with Gasteiger partial charge in [0.25, 0.3) is 0 Å². The van der Waals surface area contributed by atoms with Crippen LogP contribution in [0.3, 0.4) is 0 Å². The second kappa shape index (κ2) is 4.68. The van der Waals surface area contributed by atoms with Crippen molar-refractivity contribution in [3.63, 3.8) is 0 Å². The van der Waals surface area contributed by atoms with Crippen LogP contribution in [0.15, 0.2) is 0 Å². The Bertz CT molecular complexity index is 158. The summed E-state index contributed by atoms with van der Waals surface area (Å²) in [5.74, 6) is -0.614. The number of nitrogens with two attached hydrogens (primary N) is 2. The van der Waals surface area contributed by atoms with Crippen molar-refractivity contribution in [2.24, 2.45) is 17.4 Å². The molecule has 0 fully saturated rings. The molecule has 0 aromatic carbocycles. The molecule has 4 N–H and O–H groups in total. The highest BCUT2D eigenvalue weighted by Crippen LogP contribution is 1.99. The highest BCUT2D eigenvalue weighted by molar-refractivity contribution is 5.83. The molecule has 0 radical (unpaired) electrons. The van der Waals surface area contributed by atoms with E-state index in [2.05, 4.69) is 10.5 Å². The van der Waals surface area contributed by atoms with Crippen LogP contribution in [0.25, 0.3) is 0 Å². The summed E-state index contributed by atoms with van der Waals surface area (Å²) in [6, 6.07) is 0. The standard InChI is InChI=1S/C6H12N2O3/c1-4(3-7)2-5(9)11-6(8)10/h4H,2-3,7H2,1H3,(H2,8,10). The zero-order valence-corrected chi connectivity index (χ0v) is 6.37. The molecule has 1 amide bonds. The van der Waals surface area contributed by atoms with Gasteiger partial charge in [0, 0.05) is 6.42 Å². The average Bonchev–Trinajstić information content (AvgIpc) is 1.85. The number of amides is 1. The van der Waals surface area contributed by atoms with Gasteiger partial charge < -0.3 is 16.2 Å². The molecule has 0 spiro atoms. The van der Waals surface area contributed by atoms with E-state index in [0.29, 0.717) is 6.54 Å². The van der Waals surface area contributed by atoms with Crippen molar-refractivity contribution < 1.29 is 14.3 Å². The molecule has 0 aliphatic rings. The van der Waals surface area contributed by atoms with Crippen LogP contribution in [-0.2, 0) is 9.53 Å². The number of hydrogen-bond donors (Lipinski definition) is 2. The molecule has 5 nitrogen and oxygen atoms in total. The maximum absolute atomic E-state index is 10.6. The molecule has 0 saturated carbocycles. The molecule has 0 heterocycles. The molecule has 0 aromatic rings. The third kappa shape index (κ3) is 5.35. The molecule has 1 unspecified atom stereocenters. The van der Waals surface area contributed by atoms with Gasteiger partial charge in [-0.25, -0.2) is 4.79 Å². The predicted octanol–water partition coefficient (Wildman–Crippen LogP) is -0.407. The zero-order chi connectivity index (χ0) is 8.85. The lowest BCUT2D eigenvalue weighted by Crippen LogP contribution is -2.22. The van der Waals surface area contributed by atoms with Crippen LogP contribution >= 0.6 is 0 Å². The highest BCUT2D eigenvalue weighted by atomic mass is 16.6. The normalized spacial score (nSPS) is 12.2. The fourth-order valence-corrected chi connectivity index (χ4v) is 0.522. The second-order valence-electron chi connectivity index (χ2n) is 2.34. The smallest absolute Gasteiger partial charge is 0.376 e. The molecule has 0 rings (SSSR count). The third-order valence-electron chi connectivity index (χ3n) is 1.13. The van der Waals surface area contributed by atoms with Gasteiger partial charge >= 0.3 is 12.1 Å². The Balaban J connectivity index is 3.60. The Morgan fingerprint density at radius 2 is 2.09 bits per heavy atom. The molecule has 5 heteroatoms. The third-order valence-corrected chi connectivity index (χ3v) is 1.13. The lowest BCUT2D eigenvalue weighted by Gasteiger charge is -2.04. The van der Waals surface area contributed by atoms with E-state index in [9.17, 15) is 9.59 Å². The second-order valence-corrected chi connectivity index (χ2v) is 2.34. The van der Waals surface area contributed by atoms with Crippen molar-refractivity contribution in [3.05, 3.63) is 0 Å². The van der Waals surface area contributed by atoms with E-state index in [1.807, 2.05) is 0 Å². The van der Waals surface area contributed by atoms with Gasteiger partial charge in [-0.3, -0.25) is 4.79 Å². The van der Waals surface area contributed by atoms with E-state index in [-0.39, 0.29) is 12.3 Å². The number of carbonyl (C=O) groups excluding carboxylic acids is 2. The molecular weight excluding hydrogens is 148 g/mol. The maximum Gasteiger partial charge on any atom is 0.412 e. The van der Waals surface area contributed by atoms with Crippen molar-refractivity contribution in [1.82, 2.24) is 0 Å². The molecule has 0 saturated heterocycles. The van der Waals surface area contributed by atoms with Gasteiger partial charge in [0.05, 0.1) is 0 Å². The Morgan fingerprint density at radius 1 is 1.55 bits per heavy atom. The first-order valence-electron chi connectivity index (χ1n) is 3.26. The molecule has 0 aliphatic heterocycles. The molecule has 64 valence electrons. The van der Waals surface area contributed by atoms with Gasteiger partial charge in [-0.05, 0) is 12.5 Å². The molecule has 11 heavy (non-hydrogen) atoms. The van der Waals surface area contributed by atoms with Gasteiger partial charge in [0.15, 0.2) is 0 Å². The lowest BCUT2D eigenvalue weighted by molar-refractivity contribution is -0.137. The Hall–Kier alpha value is -1.10. The summed E-state index contributed by atoms with van der Waals surface area (Å²) in [6.45, 7) is 2.16. The first-order chi connectivity index (χ1) is 5.06. The number of carbonyl (C=O) groups is 2. The quantitative estimate of drug-likeness (QED) is 0.433. The lowest BCUT2D eigenvalue weighted by atomic mass is 10.1. The number of hydrogen-bond acceptors (Lipinski definition) is 4. The minimum absolute atomic E-state index is 0.0156. The maximum atomic E-state index is 10.6. The van der Waals surface area contributed by atoms with E-state index in [1.165, 1.54) is 0 Å². The first kappa shape index (κ1) is 9.90. The Labute approximate surface area is 64.7 Å². The van der Waals surface area contributed by atoms with Crippen LogP contribution in [0.4, 0.5) is 4.79 Å². The number of primary amides is 1. The monoisotopic (exact) mass is 160 g/mol. The van der Waals surface area contributed by atoms with Crippen LogP contribution in [-0.4, -0.2) is 18.6 Å². The van der Waals surface area contributed by atoms with Gasteiger partial charge in [-0.1, -0.05) is 6.92 Å². The molecular formula is C6H12N2O3. The van der Waals surface area contributed by atoms with Crippen molar-refractivity contribution in [2.45, 2.75) is 13.3 Å². The average molecular weight is 160 g/mol. The van der Waals surface area contributed by atoms with Crippen LogP contribution in [0.5, 0.6) is 0 Å². The topological polar surface area (TPSA) is 95.4 Å². The summed E-state index contributed by atoms with van der Waals surface area (Å²) in [4.78, 5) is 20.7. The SMILES string of the molecule is CC(CN)CC(=O)OC(N)=O. The van der Waals surface area contributed by atoms with Gasteiger partial charge in [0.1, 0.15) is 0 Å². The summed E-state index contributed by atoms with van der Waals surface area (Å²) in [6.07, 6.45) is -0.946. The fourth-order valence-electron chi connectivity index (χ4n) is 0.522. The first-order valence-corrected chi connectivity index (χ1v) is 3.26. The van der Waals surface area contributed by atoms with E-state index in [0.717, 1.165) is 0 Å². The summed E-state index contributed by atoms with van der Waals surface area (Å²) >= 11 is 0. The van der Waals surface area contributed by atoms with Crippen molar-refractivity contribution in [2.75, 3.05) is 6.54 Å². The summed E-state index contributed by atoms with van der Waals surface area (Å²) in [7, 11) is 0. The molecule has 1 atom stereocenters. The van der Waals surface area contributed by atoms with Crippen LogP contribution < -0.4 is 11.5 Å². The summed E-state index contributed by atoms with van der Waals surface area (Å²) in [5.41, 5.74) is 9.82. The Kier molecular flexibility index (Phi) is 4.21. The number of esters is 1. The van der Waals surface area contributed by atoms with E-state index >= 15 is 0 Å². The van der Waals surface area contributed by atoms with Gasteiger partial charge in [-0.15, -0.1) is 0 Å². The van der Waals surface area contributed by atoms with Crippen LogP contribution in [0.1, 0.15) is 13.3 Å². The van der Waals surface area contributed by atoms with Crippen molar-refractivity contribution in [3.8, 4) is 0 Å². The summed E-state index contributed by atoms with van der Waals surface area (Å²) < 4.78 is 4.07. The highest BCUT2D eigenvalue weighted by Gasteiger charge is 2.10. The fraction of sp³-hybridized carbons (Fsp3) is 0.667. The number of ether oxygens (including phenoxy) is 1. The van der Waals surface area contributed by atoms with Crippen LogP contribution in [0, 0.1) is 5.92 Å². The van der Waals surface area contributed by atoms with E-state index in [4.69, 9.17) is 5.73 Å². The van der Waals surface area contributed by atoms with E-state index < -0.39 is 12.1 Å². The molecule has 0 aromatic heterocycles. The van der Waals surface area contributed by atoms with Crippen LogP contribution in [0.2, 0.25) is 0 Å².